The summed E-state index contributed by atoms with van der Waals surface area (Å²) in [5.41, 5.74) is 1.09. The molecule has 1 unspecified atom stereocenters. The first-order valence-corrected chi connectivity index (χ1v) is 12.6. The highest BCUT2D eigenvalue weighted by atomic mass is 35.5. The van der Waals surface area contributed by atoms with Crippen LogP contribution < -0.4 is 4.90 Å². The van der Waals surface area contributed by atoms with E-state index in [2.05, 4.69) is 14.9 Å². The molecule has 34 heavy (non-hydrogen) atoms. The molecule has 2 aliphatic heterocycles. The number of carbonyl (C=O) groups excluding carboxylic acids is 2. The van der Waals surface area contributed by atoms with Gasteiger partial charge >= 0.3 is 0 Å². The third kappa shape index (κ3) is 5.53. The highest BCUT2D eigenvalue weighted by Gasteiger charge is 2.38. The zero-order chi connectivity index (χ0) is 24.2. The Morgan fingerprint density at radius 1 is 1.15 bits per heavy atom. The third-order valence-corrected chi connectivity index (χ3v) is 7.98. The summed E-state index contributed by atoms with van der Waals surface area (Å²) in [5.74, 6) is 0.895. The topological polar surface area (TPSA) is 69.6 Å². The van der Waals surface area contributed by atoms with E-state index in [1.807, 2.05) is 35.0 Å². The number of hydrogen-bond donors (Lipinski definition) is 0. The molecule has 0 bridgehead atoms. The van der Waals surface area contributed by atoms with Gasteiger partial charge < -0.3 is 9.80 Å². The average molecular weight is 504 g/mol. The summed E-state index contributed by atoms with van der Waals surface area (Å²) in [7, 11) is 1.89. The normalized spacial score (nSPS) is 22.1. The molecular weight excluding hydrogens is 473 g/mol. The van der Waals surface area contributed by atoms with Crippen LogP contribution in [0, 0.1) is 0 Å². The van der Waals surface area contributed by atoms with Gasteiger partial charge in [-0.15, -0.1) is 0 Å². The molecule has 2 aromatic rings. The minimum atomic E-state index is -0.0622. The molecule has 0 spiro atoms. The van der Waals surface area contributed by atoms with E-state index in [1.54, 1.807) is 25.5 Å². The first-order chi connectivity index (χ1) is 16.3. The second kappa shape index (κ2) is 11.0. The molecule has 1 aromatic carbocycles. The van der Waals surface area contributed by atoms with E-state index in [0.717, 1.165) is 50.9 Å². The molecule has 1 aromatic heterocycles. The van der Waals surface area contributed by atoms with Crippen LogP contribution in [0.2, 0.25) is 10.0 Å². The van der Waals surface area contributed by atoms with E-state index >= 15 is 0 Å². The molecule has 182 valence electrons. The predicted molar refractivity (Wildman–Crippen MR) is 134 cm³/mol. The van der Waals surface area contributed by atoms with Crippen molar-refractivity contribution in [2.75, 3.05) is 31.6 Å². The van der Waals surface area contributed by atoms with E-state index in [1.165, 1.54) is 0 Å². The Morgan fingerprint density at radius 2 is 1.91 bits per heavy atom. The van der Waals surface area contributed by atoms with Crippen LogP contribution in [-0.4, -0.2) is 70.3 Å². The zero-order valence-corrected chi connectivity index (χ0v) is 21.2. The van der Waals surface area contributed by atoms with Gasteiger partial charge in [-0.1, -0.05) is 29.3 Å². The van der Waals surface area contributed by atoms with Crippen LogP contribution in [0.3, 0.4) is 0 Å². The van der Waals surface area contributed by atoms with Crippen LogP contribution in [0.25, 0.3) is 0 Å². The van der Waals surface area contributed by atoms with Crippen LogP contribution in [0.1, 0.15) is 50.5 Å². The summed E-state index contributed by atoms with van der Waals surface area (Å²) < 4.78 is 0. The van der Waals surface area contributed by atoms with Gasteiger partial charge in [0.15, 0.2) is 5.82 Å². The minimum absolute atomic E-state index is 0.0622. The number of halogens is 2. The predicted octanol–water partition coefficient (Wildman–Crippen LogP) is 4.40. The first-order valence-electron chi connectivity index (χ1n) is 11.8. The van der Waals surface area contributed by atoms with E-state index in [9.17, 15) is 9.59 Å². The number of aromatic nitrogens is 2. The Morgan fingerprint density at radius 3 is 2.56 bits per heavy atom. The number of rotatable bonds is 6. The lowest BCUT2D eigenvalue weighted by Gasteiger charge is -2.42. The number of likely N-dealkylation sites (tertiary alicyclic amines) is 1. The quantitative estimate of drug-likeness (QED) is 0.584. The van der Waals surface area contributed by atoms with Gasteiger partial charge in [0.2, 0.25) is 11.8 Å². The smallest absolute Gasteiger partial charge is 0.228 e. The summed E-state index contributed by atoms with van der Waals surface area (Å²) in [4.78, 5) is 39.6. The maximum absolute atomic E-state index is 13.1. The molecular formula is C25H31Cl2N5O2. The molecule has 2 amide bonds. The Labute approximate surface area is 211 Å². The molecule has 9 heteroatoms. The molecule has 2 atom stereocenters. The van der Waals surface area contributed by atoms with Crippen molar-refractivity contribution in [2.45, 2.75) is 57.0 Å². The molecule has 0 N–H and O–H groups in total. The summed E-state index contributed by atoms with van der Waals surface area (Å²) in [6, 6.07) is 6.00. The molecule has 0 aliphatic carbocycles. The third-order valence-electron chi connectivity index (χ3n) is 7.24. The monoisotopic (exact) mass is 503 g/mol. The van der Waals surface area contributed by atoms with Crippen molar-refractivity contribution in [2.24, 2.45) is 0 Å². The number of hydrogen-bond acceptors (Lipinski definition) is 5. The van der Waals surface area contributed by atoms with Crippen molar-refractivity contribution < 1.29 is 9.59 Å². The summed E-state index contributed by atoms with van der Waals surface area (Å²) in [5, 5.41) is 1.05. The van der Waals surface area contributed by atoms with E-state index < -0.39 is 0 Å². The van der Waals surface area contributed by atoms with Crippen LogP contribution in [0.4, 0.5) is 5.82 Å². The van der Waals surface area contributed by atoms with Gasteiger partial charge in [-0.25, -0.2) is 4.98 Å². The molecule has 0 radical (unpaired) electrons. The highest BCUT2D eigenvalue weighted by Crippen LogP contribution is 2.39. The Hall–Kier alpha value is -2.22. The van der Waals surface area contributed by atoms with Gasteiger partial charge in [-0.3, -0.25) is 19.5 Å². The molecule has 4 rings (SSSR count). The van der Waals surface area contributed by atoms with E-state index in [0.29, 0.717) is 28.3 Å². The van der Waals surface area contributed by atoms with Gasteiger partial charge in [0.05, 0.1) is 16.2 Å². The average Bonchev–Trinajstić information content (AvgIpc) is 2.85. The Kier molecular flexibility index (Phi) is 8.06. The first kappa shape index (κ1) is 24.9. The number of benzene rings is 1. The van der Waals surface area contributed by atoms with Gasteiger partial charge in [-0.05, 0) is 43.4 Å². The fourth-order valence-electron chi connectivity index (χ4n) is 5.23. The molecule has 0 saturated carbocycles. The number of anilines is 1. The van der Waals surface area contributed by atoms with Gasteiger partial charge in [0.25, 0.3) is 0 Å². The van der Waals surface area contributed by atoms with Crippen molar-refractivity contribution in [1.82, 2.24) is 19.8 Å². The number of amides is 2. The lowest BCUT2D eigenvalue weighted by Crippen LogP contribution is -2.50. The lowest BCUT2D eigenvalue weighted by molar-refractivity contribution is -0.130. The van der Waals surface area contributed by atoms with Crippen molar-refractivity contribution in [1.29, 1.82) is 0 Å². The lowest BCUT2D eigenvalue weighted by atomic mass is 9.81. The molecule has 2 saturated heterocycles. The van der Waals surface area contributed by atoms with Gasteiger partial charge in [-0.2, -0.15) is 0 Å². The van der Waals surface area contributed by atoms with Crippen molar-refractivity contribution >= 4 is 40.8 Å². The van der Waals surface area contributed by atoms with Crippen LogP contribution in [-0.2, 0) is 9.59 Å². The van der Waals surface area contributed by atoms with E-state index in [4.69, 9.17) is 23.2 Å². The number of nitrogens with zero attached hydrogens (tertiary/aromatic N) is 5. The van der Waals surface area contributed by atoms with Crippen molar-refractivity contribution in [3.8, 4) is 0 Å². The largest absolute Gasteiger partial charge is 0.343 e. The Balaban J connectivity index is 1.53. The second-order valence-electron chi connectivity index (χ2n) is 9.20. The summed E-state index contributed by atoms with van der Waals surface area (Å²) >= 11 is 12.5. The Bertz CT molecular complexity index is 1010. The summed E-state index contributed by atoms with van der Waals surface area (Å²) in [6.07, 6.45) is 8.83. The maximum atomic E-state index is 13.1. The highest BCUT2D eigenvalue weighted by molar-refractivity contribution is 6.42. The summed E-state index contributed by atoms with van der Waals surface area (Å²) in [6.45, 7) is 4.36. The SMILES string of the molecule is CC(=O)N(C)C1CCN(CCC2[C@H](c3ccc(Cl)c(Cl)c3)CCC(=O)N2c2cnccn2)CC1. The fraction of sp³-hybridized carbons (Fsp3) is 0.520. The maximum Gasteiger partial charge on any atom is 0.228 e. The van der Waals surface area contributed by atoms with Gasteiger partial charge in [0.1, 0.15) is 0 Å². The molecule has 7 nitrogen and oxygen atoms in total. The second-order valence-corrected chi connectivity index (χ2v) is 10.0. The zero-order valence-electron chi connectivity index (χ0n) is 19.7. The van der Waals surface area contributed by atoms with Crippen molar-refractivity contribution in [3.63, 3.8) is 0 Å². The standard InChI is InChI=1S/C25H31Cl2N5O2/c1-17(33)30(2)19-7-12-31(13-8-19)14-9-23-20(18-3-5-21(26)22(27)15-18)4-6-25(34)32(23)24-16-28-10-11-29-24/h3,5,10-11,15-16,19-20,23H,4,6-9,12-14H2,1-2H3/t20-,23?/m0/s1. The van der Waals surface area contributed by atoms with Crippen LogP contribution in [0.15, 0.2) is 36.8 Å². The minimum Gasteiger partial charge on any atom is -0.343 e. The molecule has 3 heterocycles. The fourth-order valence-corrected chi connectivity index (χ4v) is 5.54. The molecule has 2 aliphatic rings. The van der Waals surface area contributed by atoms with Gasteiger partial charge in [0, 0.05) is 70.4 Å². The van der Waals surface area contributed by atoms with E-state index in [-0.39, 0.29) is 23.8 Å². The number of piperidine rings is 2. The number of carbonyl (C=O) groups is 2. The van der Waals surface area contributed by atoms with Crippen molar-refractivity contribution in [3.05, 3.63) is 52.4 Å². The van der Waals surface area contributed by atoms with Crippen LogP contribution >= 0.6 is 23.2 Å². The molecule has 2 fully saturated rings. The van der Waals surface area contributed by atoms with Crippen LogP contribution in [0.5, 0.6) is 0 Å².